The van der Waals surface area contributed by atoms with Crippen LogP contribution in [0.25, 0.3) is 0 Å². The van der Waals surface area contributed by atoms with Crippen LogP contribution >= 0.6 is 23.2 Å². The van der Waals surface area contributed by atoms with Gasteiger partial charge in [0, 0.05) is 50.9 Å². The van der Waals surface area contributed by atoms with Crippen LogP contribution in [0.3, 0.4) is 0 Å². The van der Waals surface area contributed by atoms with Crippen LogP contribution in [0.4, 0.5) is 10.6 Å². The number of amides is 4. The second-order valence-electron chi connectivity index (χ2n) is 8.27. The number of urea groups is 1. The fourth-order valence-corrected chi connectivity index (χ4v) is 4.82. The maximum absolute atomic E-state index is 12.8. The highest BCUT2D eigenvalue weighted by Gasteiger charge is 2.37. The van der Waals surface area contributed by atoms with Gasteiger partial charge in [-0.05, 0) is 23.3 Å². The van der Waals surface area contributed by atoms with Gasteiger partial charge in [-0.25, -0.2) is 19.8 Å². The van der Waals surface area contributed by atoms with Crippen LogP contribution in [0.1, 0.15) is 27.9 Å². The molecular formula is C22H22Cl2N6O3. The first-order chi connectivity index (χ1) is 15.9. The van der Waals surface area contributed by atoms with Crippen molar-refractivity contribution in [3.05, 3.63) is 57.2 Å². The number of carbonyl (C=O) groups is 3. The summed E-state index contributed by atoms with van der Waals surface area (Å²) in [5.74, 6) is 0.167. The quantitative estimate of drug-likeness (QED) is 0.711. The van der Waals surface area contributed by atoms with Crippen molar-refractivity contribution in [2.45, 2.75) is 19.5 Å². The number of benzene rings is 1. The second-order valence-corrected chi connectivity index (χ2v) is 9.06. The largest absolute Gasteiger partial charge is 0.353 e. The van der Waals surface area contributed by atoms with E-state index in [1.165, 1.54) is 10.0 Å². The van der Waals surface area contributed by atoms with Crippen LogP contribution in [-0.4, -0.2) is 70.5 Å². The Labute approximate surface area is 200 Å². The summed E-state index contributed by atoms with van der Waals surface area (Å²) in [5.41, 5.74) is 2.58. The number of nitrogens with one attached hydrogen (secondary N) is 1. The summed E-state index contributed by atoms with van der Waals surface area (Å²) in [6.45, 7) is 4.53. The molecule has 2 saturated heterocycles. The molecule has 0 aliphatic carbocycles. The first-order valence-corrected chi connectivity index (χ1v) is 11.5. The number of hydrazine groups is 1. The van der Waals surface area contributed by atoms with Crippen molar-refractivity contribution in [2.75, 3.05) is 37.6 Å². The molecule has 0 atom stereocenters. The predicted molar refractivity (Wildman–Crippen MR) is 123 cm³/mol. The maximum Gasteiger partial charge on any atom is 0.342 e. The zero-order valence-corrected chi connectivity index (χ0v) is 19.3. The van der Waals surface area contributed by atoms with E-state index in [1.54, 1.807) is 12.3 Å². The third-order valence-electron chi connectivity index (χ3n) is 6.18. The first-order valence-electron chi connectivity index (χ1n) is 10.7. The van der Waals surface area contributed by atoms with Crippen molar-refractivity contribution in [1.29, 1.82) is 0 Å². The van der Waals surface area contributed by atoms with Crippen LogP contribution in [0, 0.1) is 0 Å². The SMILES string of the molecule is O=C1CCN(N2Cc3cc(CN4CCN(c5nccc(Cl)c5Cl)CC4)ccc3C2=O)C(=O)N1. The van der Waals surface area contributed by atoms with E-state index >= 15 is 0 Å². The Morgan fingerprint density at radius 1 is 0.970 bits per heavy atom. The molecule has 1 N–H and O–H groups in total. The Bertz CT molecular complexity index is 1140. The fraction of sp³-hybridized carbons (Fsp3) is 0.364. The zero-order chi connectivity index (χ0) is 23.1. The Kier molecular flexibility index (Phi) is 5.86. The number of halogens is 2. The smallest absolute Gasteiger partial charge is 0.342 e. The summed E-state index contributed by atoms with van der Waals surface area (Å²) < 4.78 is 0. The number of piperazine rings is 1. The van der Waals surface area contributed by atoms with Gasteiger partial charge >= 0.3 is 6.03 Å². The molecule has 1 aromatic carbocycles. The summed E-state index contributed by atoms with van der Waals surface area (Å²) in [5, 5.41) is 5.97. The first kappa shape index (κ1) is 21.9. The van der Waals surface area contributed by atoms with E-state index in [9.17, 15) is 14.4 Å². The van der Waals surface area contributed by atoms with Gasteiger partial charge in [-0.3, -0.25) is 19.8 Å². The van der Waals surface area contributed by atoms with Crippen LogP contribution < -0.4 is 10.2 Å². The van der Waals surface area contributed by atoms with Gasteiger partial charge in [-0.1, -0.05) is 35.3 Å². The molecule has 0 radical (unpaired) electrons. The van der Waals surface area contributed by atoms with E-state index in [-0.39, 0.29) is 24.8 Å². The second kappa shape index (κ2) is 8.81. The van der Waals surface area contributed by atoms with Crippen LogP contribution in [0.15, 0.2) is 30.5 Å². The van der Waals surface area contributed by atoms with Gasteiger partial charge in [0.1, 0.15) is 10.8 Å². The number of anilines is 1. The van der Waals surface area contributed by atoms with Gasteiger partial charge in [-0.15, -0.1) is 0 Å². The van der Waals surface area contributed by atoms with Gasteiger partial charge < -0.3 is 4.90 Å². The average molecular weight is 489 g/mol. The van der Waals surface area contributed by atoms with E-state index in [4.69, 9.17) is 23.2 Å². The van der Waals surface area contributed by atoms with E-state index in [0.29, 0.717) is 28.0 Å². The maximum atomic E-state index is 12.8. The minimum absolute atomic E-state index is 0.180. The van der Waals surface area contributed by atoms with E-state index in [0.717, 1.165) is 43.9 Å². The van der Waals surface area contributed by atoms with Gasteiger partial charge in [-0.2, -0.15) is 0 Å². The molecule has 3 aliphatic heterocycles. The number of pyridine rings is 1. The minimum Gasteiger partial charge on any atom is -0.353 e. The van der Waals surface area contributed by atoms with E-state index in [1.807, 2.05) is 18.2 Å². The van der Waals surface area contributed by atoms with Gasteiger partial charge in [0.2, 0.25) is 5.91 Å². The monoisotopic (exact) mass is 488 g/mol. The molecule has 4 amide bonds. The number of rotatable bonds is 4. The zero-order valence-electron chi connectivity index (χ0n) is 17.8. The molecule has 33 heavy (non-hydrogen) atoms. The number of nitrogens with zero attached hydrogens (tertiary/aromatic N) is 5. The van der Waals surface area contributed by atoms with Gasteiger partial charge in [0.05, 0.1) is 18.1 Å². The van der Waals surface area contributed by atoms with Crippen molar-refractivity contribution in [1.82, 2.24) is 25.2 Å². The Morgan fingerprint density at radius 2 is 1.76 bits per heavy atom. The molecule has 9 nitrogen and oxygen atoms in total. The van der Waals surface area contributed by atoms with Crippen LogP contribution in [0.5, 0.6) is 0 Å². The lowest BCUT2D eigenvalue weighted by Crippen LogP contribution is -2.56. The molecule has 3 aliphatic rings. The summed E-state index contributed by atoms with van der Waals surface area (Å²) in [6, 6.07) is 6.94. The molecule has 0 saturated carbocycles. The van der Waals surface area contributed by atoms with E-state index < -0.39 is 6.03 Å². The molecule has 11 heteroatoms. The standard InChI is InChI=1S/C22H22Cl2N6O3/c23-17-3-5-25-20(19(17)24)28-9-7-27(8-10-28)12-14-1-2-16-15(11-14)13-30(21(16)32)29-6-4-18(31)26-22(29)33/h1-3,5,11H,4,6-10,12-13H2,(H,26,31,33). The highest BCUT2D eigenvalue weighted by atomic mass is 35.5. The fourth-order valence-electron chi connectivity index (χ4n) is 4.44. The molecule has 172 valence electrons. The molecule has 2 fully saturated rings. The topological polar surface area (TPSA) is 89.1 Å². The number of hydrogen-bond donors (Lipinski definition) is 1. The summed E-state index contributed by atoms with van der Waals surface area (Å²) in [4.78, 5) is 45.3. The molecule has 4 heterocycles. The molecular weight excluding hydrogens is 467 g/mol. The molecule has 0 spiro atoms. The highest BCUT2D eigenvalue weighted by molar-refractivity contribution is 6.43. The Balaban J connectivity index is 1.22. The van der Waals surface area contributed by atoms with Gasteiger partial charge in [0.15, 0.2) is 0 Å². The van der Waals surface area contributed by atoms with Gasteiger partial charge in [0.25, 0.3) is 5.91 Å². The lowest BCUT2D eigenvalue weighted by molar-refractivity contribution is -0.123. The summed E-state index contributed by atoms with van der Waals surface area (Å²) in [6.07, 6.45) is 1.84. The van der Waals surface area contributed by atoms with Crippen LogP contribution in [0.2, 0.25) is 10.0 Å². The third kappa shape index (κ3) is 4.23. The number of imide groups is 1. The molecule has 0 unspecified atom stereocenters. The highest BCUT2D eigenvalue weighted by Crippen LogP contribution is 2.31. The summed E-state index contributed by atoms with van der Waals surface area (Å²) in [7, 11) is 0. The van der Waals surface area contributed by atoms with Crippen molar-refractivity contribution in [3.8, 4) is 0 Å². The van der Waals surface area contributed by atoms with Crippen molar-refractivity contribution < 1.29 is 14.4 Å². The van der Waals surface area contributed by atoms with Crippen molar-refractivity contribution in [3.63, 3.8) is 0 Å². The number of aromatic nitrogens is 1. The third-order valence-corrected chi connectivity index (χ3v) is 6.96. The minimum atomic E-state index is -0.556. The molecule has 2 aromatic rings. The lowest BCUT2D eigenvalue weighted by Gasteiger charge is -2.35. The predicted octanol–water partition coefficient (Wildman–Crippen LogP) is 2.52. The average Bonchev–Trinajstić information content (AvgIpc) is 3.12. The normalized spacial score (nSPS) is 19.2. The number of hydrogen-bond acceptors (Lipinski definition) is 6. The van der Waals surface area contributed by atoms with Crippen molar-refractivity contribution in [2.24, 2.45) is 0 Å². The number of carbonyl (C=O) groups excluding carboxylic acids is 3. The summed E-state index contributed by atoms with van der Waals surface area (Å²) >= 11 is 12.4. The van der Waals surface area contributed by atoms with Crippen LogP contribution in [-0.2, 0) is 17.9 Å². The number of fused-ring (bicyclic) bond motifs is 1. The van der Waals surface area contributed by atoms with E-state index in [2.05, 4.69) is 20.1 Å². The molecule has 0 bridgehead atoms. The van der Waals surface area contributed by atoms with Crippen molar-refractivity contribution >= 4 is 46.9 Å². The Hall–Kier alpha value is -2.88. The Morgan fingerprint density at radius 3 is 2.52 bits per heavy atom. The lowest BCUT2D eigenvalue weighted by atomic mass is 10.1. The molecule has 1 aromatic heterocycles. The molecule has 5 rings (SSSR count).